The zero-order valence-corrected chi connectivity index (χ0v) is 10.2. The van der Waals surface area contributed by atoms with Gasteiger partial charge in [-0.05, 0) is 32.6 Å². The summed E-state index contributed by atoms with van der Waals surface area (Å²) in [4.78, 5) is 23.0. The van der Waals surface area contributed by atoms with Crippen LogP contribution in [0.2, 0.25) is 0 Å². The molecule has 1 aliphatic rings. The van der Waals surface area contributed by atoms with E-state index < -0.39 is 0 Å². The molecule has 1 fully saturated rings. The first-order valence-electron chi connectivity index (χ1n) is 6.42. The lowest BCUT2D eigenvalue weighted by Gasteiger charge is -2.16. The van der Waals surface area contributed by atoms with Gasteiger partial charge in [-0.1, -0.05) is 12.8 Å². The van der Waals surface area contributed by atoms with Crippen molar-refractivity contribution in [1.29, 1.82) is 0 Å². The molecule has 16 heavy (non-hydrogen) atoms. The number of Topliss-reactive ketones (excluding diaryl/α,β-unsaturated/α-hetero) is 1. The minimum atomic E-state index is -0.0736. The van der Waals surface area contributed by atoms with Gasteiger partial charge in [0.15, 0.2) is 0 Å². The molecule has 0 radical (unpaired) electrons. The molecule has 0 aromatic rings. The summed E-state index contributed by atoms with van der Waals surface area (Å²) in [6.45, 7) is 2.29. The first kappa shape index (κ1) is 13.2. The monoisotopic (exact) mass is 226 g/mol. The molecule has 0 aromatic heterocycles. The van der Waals surface area contributed by atoms with E-state index in [-0.39, 0.29) is 11.9 Å². The minimum absolute atomic E-state index is 0.0193. The maximum absolute atomic E-state index is 11.6. The Labute approximate surface area is 97.5 Å². The van der Waals surface area contributed by atoms with Gasteiger partial charge in [0.2, 0.25) is 0 Å². The van der Waals surface area contributed by atoms with E-state index in [2.05, 4.69) is 0 Å². The highest BCUT2D eigenvalue weighted by atomic mass is 16.5. The molecule has 3 nitrogen and oxygen atoms in total. The van der Waals surface area contributed by atoms with Crippen LogP contribution in [0.15, 0.2) is 0 Å². The molecule has 1 saturated carbocycles. The lowest BCUT2D eigenvalue weighted by atomic mass is 9.92. The zero-order valence-electron chi connectivity index (χ0n) is 10.2. The molecule has 1 unspecified atom stereocenters. The molecule has 1 atom stereocenters. The van der Waals surface area contributed by atoms with Crippen molar-refractivity contribution in [1.82, 2.24) is 0 Å². The highest BCUT2D eigenvalue weighted by Gasteiger charge is 2.20. The third kappa shape index (κ3) is 4.77. The summed E-state index contributed by atoms with van der Waals surface area (Å²) in [5, 5.41) is 0. The molecular weight excluding hydrogens is 204 g/mol. The molecule has 0 spiro atoms. The summed E-state index contributed by atoms with van der Waals surface area (Å²) in [7, 11) is 0. The van der Waals surface area contributed by atoms with Gasteiger partial charge in [-0.3, -0.25) is 9.59 Å². The van der Waals surface area contributed by atoms with Gasteiger partial charge >= 0.3 is 5.97 Å². The molecule has 0 aliphatic heterocycles. The van der Waals surface area contributed by atoms with E-state index in [1.165, 1.54) is 0 Å². The Bertz CT molecular complexity index is 235. The largest absolute Gasteiger partial charge is 0.466 e. The fourth-order valence-corrected chi connectivity index (χ4v) is 2.20. The first-order valence-corrected chi connectivity index (χ1v) is 6.42. The van der Waals surface area contributed by atoms with Crippen LogP contribution in [0.25, 0.3) is 0 Å². The van der Waals surface area contributed by atoms with Crippen LogP contribution in [0, 0.1) is 5.92 Å². The second kappa shape index (κ2) is 7.42. The number of esters is 1. The van der Waals surface area contributed by atoms with Crippen molar-refractivity contribution in [3.8, 4) is 0 Å². The van der Waals surface area contributed by atoms with Crippen LogP contribution in [0.4, 0.5) is 0 Å². The molecule has 0 amide bonds. The normalized spacial score (nSPS) is 23.8. The number of ketones is 1. The van der Waals surface area contributed by atoms with Crippen molar-refractivity contribution in [2.45, 2.75) is 58.3 Å². The summed E-state index contributed by atoms with van der Waals surface area (Å²) >= 11 is 0. The molecule has 0 bridgehead atoms. The van der Waals surface area contributed by atoms with Crippen LogP contribution in [-0.4, -0.2) is 18.4 Å². The maximum atomic E-state index is 11.6. The highest BCUT2D eigenvalue weighted by molar-refractivity contribution is 5.78. The van der Waals surface area contributed by atoms with Crippen LogP contribution in [0.5, 0.6) is 0 Å². The Morgan fingerprint density at radius 2 is 1.88 bits per heavy atom. The van der Waals surface area contributed by atoms with E-state index in [9.17, 15) is 9.59 Å². The zero-order chi connectivity index (χ0) is 11.8. The predicted molar refractivity (Wildman–Crippen MR) is 62.1 cm³/mol. The molecule has 1 rings (SSSR count). The number of hydrogen-bond donors (Lipinski definition) is 0. The Morgan fingerprint density at radius 1 is 1.19 bits per heavy atom. The maximum Gasteiger partial charge on any atom is 0.308 e. The lowest BCUT2D eigenvalue weighted by Crippen LogP contribution is -2.19. The summed E-state index contributed by atoms with van der Waals surface area (Å²) in [6.07, 6.45) is 7.01. The van der Waals surface area contributed by atoms with Crippen molar-refractivity contribution in [2.75, 3.05) is 6.61 Å². The van der Waals surface area contributed by atoms with E-state index in [1.54, 1.807) is 0 Å². The Hall–Kier alpha value is -0.860. The molecule has 0 heterocycles. The van der Waals surface area contributed by atoms with Gasteiger partial charge in [0.1, 0.15) is 5.78 Å². The van der Waals surface area contributed by atoms with Gasteiger partial charge in [0.25, 0.3) is 0 Å². The van der Waals surface area contributed by atoms with E-state index in [4.69, 9.17) is 4.74 Å². The third-order valence-electron chi connectivity index (χ3n) is 3.14. The van der Waals surface area contributed by atoms with Gasteiger partial charge in [-0.2, -0.15) is 0 Å². The van der Waals surface area contributed by atoms with Crippen molar-refractivity contribution >= 4 is 11.8 Å². The molecule has 1 aliphatic carbocycles. The summed E-state index contributed by atoms with van der Waals surface area (Å²) < 4.78 is 5.05. The number of hydrogen-bond acceptors (Lipinski definition) is 3. The fraction of sp³-hybridized carbons (Fsp3) is 0.846. The minimum Gasteiger partial charge on any atom is -0.466 e. The molecule has 92 valence electrons. The average molecular weight is 226 g/mol. The molecule has 0 saturated heterocycles. The number of carbonyl (C=O) groups is 2. The van der Waals surface area contributed by atoms with Gasteiger partial charge in [-0.15, -0.1) is 0 Å². The van der Waals surface area contributed by atoms with Crippen LogP contribution < -0.4 is 0 Å². The number of carbonyl (C=O) groups excluding carboxylic acids is 2. The summed E-state index contributed by atoms with van der Waals surface area (Å²) in [6, 6.07) is 0. The molecule has 0 N–H and O–H groups in total. The molecule has 3 heteroatoms. The van der Waals surface area contributed by atoms with Gasteiger partial charge in [0, 0.05) is 12.8 Å². The Kier molecular flexibility index (Phi) is 6.12. The second-order valence-corrected chi connectivity index (χ2v) is 4.48. The van der Waals surface area contributed by atoms with Crippen LogP contribution in [0.1, 0.15) is 58.3 Å². The van der Waals surface area contributed by atoms with Crippen molar-refractivity contribution < 1.29 is 14.3 Å². The smallest absolute Gasteiger partial charge is 0.308 e. The lowest BCUT2D eigenvalue weighted by molar-refractivity contribution is -0.148. The topological polar surface area (TPSA) is 43.4 Å². The van der Waals surface area contributed by atoms with E-state index >= 15 is 0 Å². The van der Waals surface area contributed by atoms with E-state index in [0.29, 0.717) is 18.8 Å². The van der Waals surface area contributed by atoms with Gasteiger partial charge in [-0.25, -0.2) is 0 Å². The number of ether oxygens (including phenoxy) is 1. The van der Waals surface area contributed by atoms with Crippen molar-refractivity contribution in [2.24, 2.45) is 5.92 Å². The van der Waals surface area contributed by atoms with Crippen LogP contribution >= 0.6 is 0 Å². The molecule has 0 aromatic carbocycles. The first-order chi connectivity index (χ1) is 7.74. The van der Waals surface area contributed by atoms with Crippen molar-refractivity contribution in [3.63, 3.8) is 0 Å². The van der Waals surface area contributed by atoms with Crippen LogP contribution in [-0.2, 0) is 14.3 Å². The quantitative estimate of drug-likeness (QED) is 0.680. The summed E-state index contributed by atoms with van der Waals surface area (Å²) in [5.74, 6) is 0.297. The Balaban J connectivity index is 2.42. The third-order valence-corrected chi connectivity index (χ3v) is 3.14. The van der Waals surface area contributed by atoms with E-state index in [0.717, 1.165) is 44.9 Å². The van der Waals surface area contributed by atoms with Crippen LogP contribution in [0.3, 0.4) is 0 Å². The van der Waals surface area contributed by atoms with Gasteiger partial charge < -0.3 is 4.74 Å². The SMILES string of the molecule is CCOC(=O)C1CCCCCC(=O)CCC1. The van der Waals surface area contributed by atoms with E-state index in [1.807, 2.05) is 6.92 Å². The standard InChI is InChI=1S/C13H22O3/c1-2-16-13(15)11-7-4-3-5-9-12(14)10-6-8-11/h11H,2-10H2,1H3. The Morgan fingerprint density at radius 3 is 2.62 bits per heavy atom. The number of rotatable bonds is 2. The van der Waals surface area contributed by atoms with Crippen molar-refractivity contribution in [3.05, 3.63) is 0 Å². The highest BCUT2D eigenvalue weighted by Crippen LogP contribution is 2.21. The summed E-state index contributed by atoms with van der Waals surface area (Å²) in [5.41, 5.74) is 0. The van der Waals surface area contributed by atoms with Gasteiger partial charge in [0.05, 0.1) is 12.5 Å². The second-order valence-electron chi connectivity index (χ2n) is 4.48. The average Bonchev–Trinajstić information content (AvgIpc) is 2.27. The fourth-order valence-electron chi connectivity index (χ4n) is 2.20. The molecular formula is C13H22O3. The predicted octanol–water partition coefficient (Wildman–Crippen LogP) is 2.87.